The number of thiazole rings is 1. The maximum absolute atomic E-state index is 6.13. The minimum absolute atomic E-state index is 0.365. The lowest BCUT2D eigenvalue weighted by molar-refractivity contribution is 0.168. The Morgan fingerprint density at radius 3 is 2.50 bits per heavy atom. The minimum Gasteiger partial charge on any atom is -0.493 e. The summed E-state index contributed by atoms with van der Waals surface area (Å²) in [6.07, 6.45) is 0. The number of nitrogens with two attached hydrogens (primary N) is 2. The first kappa shape index (κ1) is 25.2. The number of rotatable bonds is 9. The van der Waals surface area contributed by atoms with E-state index in [0.717, 1.165) is 65.4 Å². The molecule has 2 aromatic heterocycles. The molecule has 0 radical (unpaired) electrons. The van der Waals surface area contributed by atoms with Crippen molar-refractivity contribution < 1.29 is 9.47 Å². The number of methoxy groups -OCH3 is 1. The van der Waals surface area contributed by atoms with Crippen molar-refractivity contribution in [3.05, 3.63) is 34.8 Å². The molecule has 0 atom stereocenters. The topological polar surface area (TPSA) is 116 Å². The smallest absolute Gasteiger partial charge is 0.191 e. The number of benzene rings is 1. The molecule has 1 saturated heterocycles. The number of aromatic nitrogens is 3. The molecule has 0 bridgehead atoms. The number of aryl methyl sites for hydroxylation is 1. The van der Waals surface area contributed by atoms with Crippen molar-refractivity contribution in [3.63, 3.8) is 0 Å². The van der Waals surface area contributed by atoms with Gasteiger partial charge in [0.15, 0.2) is 16.7 Å². The second-order valence-corrected chi connectivity index (χ2v) is 11.3. The SMILES string of the molecule is COc1ccc(-c2nc(CSc3nc(N)cc(N)n3)c(C)s2)cc1OCCN1CCN(I)CC1. The number of thioether (sulfide) groups is 1. The van der Waals surface area contributed by atoms with E-state index < -0.39 is 0 Å². The van der Waals surface area contributed by atoms with E-state index in [9.17, 15) is 0 Å². The Hall–Kier alpha value is -1.87. The van der Waals surface area contributed by atoms with E-state index in [1.54, 1.807) is 24.5 Å². The molecular weight excluding hydrogens is 585 g/mol. The zero-order valence-corrected chi connectivity index (χ0v) is 23.0. The van der Waals surface area contributed by atoms with Crippen LogP contribution in [0, 0.1) is 6.92 Å². The third kappa shape index (κ3) is 6.62. The van der Waals surface area contributed by atoms with Crippen LogP contribution >= 0.6 is 46.0 Å². The van der Waals surface area contributed by atoms with Gasteiger partial charge in [-0.15, -0.1) is 11.3 Å². The van der Waals surface area contributed by atoms with Gasteiger partial charge in [-0.1, -0.05) is 11.8 Å². The number of nitrogens with zero attached hydrogens (tertiary/aromatic N) is 5. The van der Waals surface area contributed by atoms with Gasteiger partial charge in [-0.3, -0.25) is 4.90 Å². The van der Waals surface area contributed by atoms with Crippen LogP contribution in [0.25, 0.3) is 10.6 Å². The molecule has 0 aliphatic carbocycles. The van der Waals surface area contributed by atoms with Crippen LogP contribution in [0.5, 0.6) is 11.5 Å². The molecule has 0 amide bonds. The normalized spacial score (nSPS) is 14.9. The largest absolute Gasteiger partial charge is 0.493 e. The third-order valence-corrected chi connectivity index (χ3v) is 8.25. The number of nitrogen functional groups attached to an aromatic ring is 2. The fourth-order valence-electron chi connectivity index (χ4n) is 3.50. The summed E-state index contributed by atoms with van der Waals surface area (Å²) in [4.78, 5) is 16.9. The molecule has 4 rings (SSSR count). The molecule has 1 aliphatic rings. The fourth-order valence-corrected chi connectivity index (χ4v) is 5.84. The third-order valence-electron chi connectivity index (χ3n) is 5.37. The molecule has 0 spiro atoms. The fraction of sp³-hybridized carbons (Fsp3) is 0.409. The Labute approximate surface area is 221 Å². The molecule has 9 nitrogen and oxygen atoms in total. The van der Waals surface area contributed by atoms with Crippen molar-refractivity contribution in [2.24, 2.45) is 0 Å². The Morgan fingerprint density at radius 2 is 1.79 bits per heavy atom. The maximum atomic E-state index is 6.13. The summed E-state index contributed by atoms with van der Waals surface area (Å²) in [5.74, 6) is 2.82. The molecule has 34 heavy (non-hydrogen) atoms. The van der Waals surface area contributed by atoms with Gasteiger partial charge >= 0.3 is 0 Å². The van der Waals surface area contributed by atoms with Crippen LogP contribution in [0.3, 0.4) is 0 Å². The van der Waals surface area contributed by atoms with E-state index in [1.165, 1.54) is 11.8 Å². The lowest BCUT2D eigenvalue weighted by Crippen LogP contribution is -2.43. The second kappa shape index (κ2) is 11.7. The average molecular weight is 614 g/mol. The van der Waals surface area contributed by atoms with Gasteiger partial charge in [0.2, 0.25) is 0 Å². The average Bonchev–Trinajstić information content (AvgIpc) is 3.19. The van der Waals surface area contributed by atoms with Crippen molar-refractivity contribution in [1.82, 2.24) is 23.0 Å². The quantitative estimate of drug-likeness (QED) is 0.160. The van der Waals surface area contributed by atoms with E-state index in [2.05, 4.69) is 47.8 Å². The van der Waals surface area contributed by atoms with Crippen molar-refractivity contribution in [3.8, 4) is 22.1 Å². The number of ether oxygens (including phenoxy) is 2. The highest BCUT2D eigenvalue weighted by atomic mass is 127. The van der Waals surface area contributed by atoms with E-state index in [-0.39, 0.29) is 0 Å². The van der Waals surface area contributed by atoms with Crippen molar-refractivity contribution in [1.29, 1.82) is 0 Å². The summed E-state index contributed by atoms with van der Waals surface area (Å²) in [7, 11) is 1.66. The Bertz CT molecular complexity index is 1100. The minimum atomic E-state index is 0.365. The van der Waals surface area contributed by atoms with Crippen molar-refractivity contribution >= 4 is 57.6 Å². The number of piperazine rings is 1. The first-order valence-corrected chi connectivity index (χ1v) is 13.6. The van der Waals surface area contributed by atoms with Gasteiger partial charge in [-0.2, -0.15) is 0 Å². The number of hydrogen-bond acceptors (Lipinski definition) is 11. The predicted molar refractivity (Wildman–Crippen MR) is 147 cm³/mol. The number of halogens is 1. The Morgan fingerprint density at radius 1 is 1.06 bits per heavy atom. The monoisotopic (exact) mass is 613 g/mol. The van der Waals surface area contributed by atoms with Crippen molar-refractivity contribution in [2.75, 3.05) is 57.9 Å². The van der Waals surface area contributed by atoms with Crippen LogP contribution in [-0.2, 0) is 5.75 Å². The Kier molecular flexibility index (Phi) is 8.69. The molecule has 3 heterocycles. The zero-order valence-electron chi connectivity index (χ0n) is 19.2. The first-order valence-electron chi connectivity index (χ1n) is 10.8. The van der Waals surface area contributed by atoms with E-state index >= 15 is 0 Å². The lowest BCUT2D eigenvalue weighted by atomic mass is 10.2. The van der Waals surface area contributed by atoms with Gasteiger partial charge < -0.3 is 20.9 Å². The molecule has 3 aromatic rings. The number of anilines is 2. The molecule has 0 saturated carbocycles. The van der Waals surface area contributed by atoms with E-state index in [1.807, 2.05) is 18.2 Å². The van der Waals surface area contributed by atoms with Crippen LogP contribution in [0.2, 0.25) is 0 Å². The van der Waals surface area contributed by atoms with Crippen LogP contribution in [-0.4, -0.2) is 69.4 Å². The molecule has 1 aromatic carbocycles. The molecule has 12 heteroatoms. The van der Waals surface area contributed by atoms with E-state index in [0.29, 0.717) is 29.2 Å². The van der Waals surface area contributed by atoms with Crippen LogP contribution in [0.1, 0.15) is 10.6 Å². The predicted octanol–water partition coefficient (Wildman–Crippen LogP) is 3.72. The first-order chi connectivity index (χ1) is 16.4. The van der Waals surface area contributed by atoms with Gasteiger partial charge in [-0.25, -0.2) is 18.1 Å². The van der Waals surface area contributed by atoms with Gasteiger partial charge in [-0.05, 0) is 25.1 Å². The number of hydrogen-bond donors (Lipinski definition) is 2. The molecule has 0 unspecified atom stereocenters. The summed E-state index contributed by atoms with van der Waals surface area (Å²) in [5.41, 5.74) is 13.5. The Balaban J connectivity index is 1.42. The van der Waals surface area contributed by atoms with Crippen LogP contribution in [0.4, 0.5) is 11.6 Å². The van der Waals surface area contributed by atoms with Crippen molar-refractivity contribution in [2.45, 2.75) is 17.8 Å². The second-order valence-electron chi connectivity index (χ2n) is 7.78. The highest BCUT2D eigenvalue weighted by molar-refractivity contribution is 14.1. The van der Waals surface area contributed by atoms with Gasteiger partial charge in [0, 0.05) is 77.8 Å². The highest BCUT2D eigenvalue weighted by Gasteiger charge is 2.16. The zero-order chi connectivity index (χ0) is 24.1. The molecule has 182 valence electrons. The van der Waals surface area contributed by atoms with Gasteiger partial charge in [0.05, 0.1) is 12.8 Å². The van der Waals surface area contributed by atoms with Crippen LogP contribution < -0.4 is 20.9 Å². The molecular formula is C22H28IN7O2S2. The van der Waals surface area contributed by atoms with E-state index in [4.69, 9.17) is 25.9 Å². The lowest BCUT2D eigenvalue weighted by Gasteiger charge is -2.30. The summed E-state index contributed by atoms with van der Waals surface area (Å²) in [5, 5.41) is 1.48. The standard InChI is InChI=1S/C22H28IN7O2S2/c1-14-16(13-33-22-27-19(24)12-20(25)28-22)26-21(34-14)15-3-4-17(31-2)18(11-15)32-10-9-29-5-7-30(23)8-6-29/h3-4,11-12H,5-10,13H2,1-2H3,(H4,24,25,27,28). The summed E-state index contributed by atoms with van der Waals surface area (Å²) in [6.45, 7) is 7.88. The molecule has 4 N–H and O–H groups in total. The van der Waals surface area contributed by atoms with Crippen LogP contribution in [0.15, 0.2) is 29.4 Å². The maximum Gasteiger partial charge on any atom is 0.191 e. The molecule has 1 fully saturated rings. The summed E-state index contributed by atoms with van der Waals surface area (Å²) in [6, 6.07) is 7.51. The summed E-state index contributed by atoms with van der Waals surface area (Å²) < 4.78 is 14.0. The van der Waals surface area contributed by atoms with Gasteiger partial charge in [0.25, 0.3) is 0 Å². The summed E-state index contributed by atoms with van der Waals surface area (Å²) >= 11 is 5.50. The highest BCUT2D eigenvalue weighted by Crippen LogP contribution is 2.36. The van der Waals surface area contributed by atoms with Gasteiger partial charge in [0.1, 0.15) is 23.3 Å². The molecule has 1 aliphatic heterocycles.